The van der Waals surface area contributed by atoms with E-state index in [2.05, 4.69) is 9.53 Å². The molecule has 0 amide bonds. The van der Waals surface area contributed by atoms with E-state index in [1.165, 1.54) is 12.8 Å². The van der Waals surface area contributed by atoms with E-state index in [0.717, 1.165) is 13.2 Å². The fourth-order valence-corrected chi connectivity index (χ4v) is 0.737. The van der Waals surface area contributed by atoms with Crippen molar-refractivity contribution in [1.29, 1.82) is 0 Å². The SMILES string of the molecule is C1CCOC1.CCOC(=O)C=[N+]=[N-]. The second kappa shape index (κ2) is 8.90. The summed E-state index contributed by atoms with van der Waals surface area (Å²) in [6.07, 6.45) is 3.25. The highest BCUT2D eigenvalue weighted by molar-refractivity contribution is 6.20. The van der Waals surface area contributed by atoms with Gasteiger partial charge in [0.2, 0.25) is 0 Å². The molecule has 13 heavy (non-hydrogen) atoms. The molecule has 0 spiro atoms. The molecule has 1 saturated heterocycles. The number of carbonyl (C=O) groups is 1. The van der Waals surface area contributed by atoms with Crippen LogP contribution >= 0.6 is 0 Å². The van der Waals surface area contributed by atoms with Crippen LogP contribution in [0.4, 0.5) is 0 Å². The summed E-state index contributed by atoms with van der Waals surface area (Å²) in [6.45, 7) is 3.97. The minimum absolute atomic E-state index is 0.296. The van der Waals surface area contributed by atoms with Gasteiger partial charge >= 0.3 is 12.2 Å². The van der Waals surface area contributed by atoms with Crippen LogP contribution in [0.2, 0.25) is 0 Å². The molecule has 0 aliphatic carbocycles. The maximum Gasteiger partial charge on any atom is 0.413 e. The van der Waals surface area contributed by atoms with E-state index in [4.69, 9.17) is 10.3 Å². The number of carbonyl (C=O) groups excluding carboxylic acids is 1. The first-order chi connectivity index (χ1) is 6.31. The molecule has 0 aromatic rings. The van der Waals surface area contributed by atoms with Gasteiger partial charge in [0.1, 0.15) is 0 Å². The van der Waals surface area contributed by atoms with Crippen molar-refractivity contribution in [2.75, 3.05) is 19.8 Å². The van der Waals surface area contributed by atoms with Crippen LogP contribution in [0, 0.1) is 0 Å². The molecule has 5 nitrogen and oxygen atoms in total. The van der Waals surface area contributed by atoms with Gasteiger partial charge in [0, 0.05) is 13.2 Å². The summed E-state index contributed by atoms with van der Waals surface area (Å²) in [4.78, 5) is 12.6. The average Bonchev–Trinajstić information content (AvgIpc) is 2.61. The molecule has 74 valence electrons. The molecular formula is C8H14N2O3. The van der Waals surface area contributed by atoms with Gasteiger partial charge in [-0.15, -0.1) is 0 Å². The third-order valence-corrected chi connectivity index (χ3v) is 1.28. The monoisotopic (exact) mass is 186 g/mol. The van der Waals surface area contributed by atoms with Crippen LogP contribution in [0.5, 0.6) is 0 Å². The Bertz CT molecular complexity index is 176. The van der Waals surface area contributed by atoms with Gasteiger partial charge in [-0.3, -0.25) is 0 Å². The topological polar surface area (TPSA) is 71.9 Å². The van der Waals surface area contributed by atoms with Crippen LogP contribution in [0.1, 0.15) is 19.8 Å². The van der Waals surface area contributed by atoms with Gasteiger partial charge in [-0.1, -0.05) is 0 Å². The highest BCUT2D eigenvalue weighted by atomic mass is 16.5. The number of ether oxygens (including phenoxy) is 2. The zero-order chi connectivity index (χ0) is 9.94. The van der Waals surface area contributed by atoms with Gasteiger partial charge in [0.15, 0.2) is 0 Å². The van der Waals surface area contributed by atoms with Crippen LogP contribution in [-0.4, -0.2) is 36.8 Å². The Balaban J connectivity index is 0.000000243. The van der Waals surface area contributed by atoms with Crippen LogP contribution in [0.15, 0.2) is 0 Å². The van der Waals surface area contributed by atoms with Crippen molar-refractivity contribution in [2.24, 2.45) is 0 Å². The normalized spacial score (nSPS) is 13.6. The zero-order valence-corrected chi connectivity index (χ0v) is 7.73. The van der Waals surface area contributed by atoms with E-state index in [0.29, 0.717) is 12.8 Å². The van der Waals surface area contributed by atoms with Crippen LogP contribution < -0.4 is 0 Å². The second-order valence-electron chi connectivity index (χ2n) is 2.32. The summed E-state index contributed by atoms with van der Waals surface area (Å²) >= 11 is 0. The largest absolute Gasteiger partial charge is 0.458 e. The molecule has 1 heterocycles. The Morgan fingerprint density at radius 3 is 2.54 bits per heavy atom. The lowest BCUT2D eigenvalue weighted by atomic mass is 10.4. The smallest absolute Gasteiger partial charge is 0.413 e. The van der Waals surface area contributed by atoms with E-state index in [9.17, 15) is 4.79 Å². The fraction of sp³-hybridized carbons (Fsp3) is 0.750. The van der Waals surface area contributed by atoms with Gasteiger partial charge in [0.05, 0.1) is 6.61 Å². The number of esters is 1. The molecule has 1 aliphatic rings. The van der Waals surface area contributed by atoms with Crippen molar-refractivity contribution in [3.8, 4) is 0 Å². The van der Waals surface area contributed by atoms with Crippen LogP contribution in [0.3, 0.4) is 0 Å². The first kappa shape index (κ1) is 11.8. The summed E-state index contributed by atoms with van der Waals surface area (Å²) in [7, 11) is 0. The highest BCUT2D eigenvalue weighted by Crippen LogP contribution is 1.98. The van der Waals surface area contributed by atoms with Gasteiger partial charge in [-0.2, -0.15) is 4.79 Å². The first-order valence-electron chi connectivity index (χ1n) is 4.23. The van der Waals surface area contributed by atoms with Crippen LogP contribution in [0.25, 0.3) is 5.53 Å². The number of hydrogen-bond acceptors (Lipinski definition) is 3. The number of hydrogen-bond donors (Lipinski definition) is 0. The Kier molecular flexibility index (Phi) is 8.09. The summed E-state index contributed by atoms with van der Waals surface area (Å²) in [5, 5.41) is 0. The van der Waals surface area contributed by atoms with E-state index in [1.807, 2.05) is 0 Å². The fourth-order valence-electron chi connectivity index (χ4n) is 0.737. The molecule has 0 saturated carbocycles. The Morgan fingerprint density at radius 1 is 1.62 bits per heavy atom. The van der Waals surface area contributed by atoms with Gasteiger partial charge < -0.3 is 15.0 Å². The van der Waals surface area contributed by atoms with Crippen LogP contribution in [-0.2, 0) is 14.3 Å². The van der Waals surface area contributed by atoms with E-state index >= 15 is 0 Å². The molecule has 0 atom stereocenters. The Hall–Kier alpha value is -1.19. The lowest BCUT2D eigenvalue weighted by Crippen LogP contribution is -2.04. The molecular weight excluding hydrogens is 172 g/mol. The van der Waals surface area contributed by atoms with Gasteiger partial charge in [0.25, 0.3) is 0 Å². The van der Waals surface area contributed by atoms with Gasteiger partial charge in [-0.25, -0.2) is 4.79 Å². The predicted octanol–water partition coefficient (Wildman–Crippen LogP) is 0.647. The summed E-state index contributed by atoms with van der Waals surface area (Å²) < 4.78 is 9.28. The summed E-state index contributed by atoms with van der Waals surface area (Å²) in [6, 6.07) is 0. The maximum absolute atomic E-state index is 10.1. The molecule has 1 aliphatic heterocycles. The lowest BCUT2D eigenvalue weighted by molar-refractivity contribution is -0.138. The molecule has 0 N–H and O–H groups in total. The van der Waals surface area contributed by atoms with Crippen molar-refractivity contribution in [1.82, 2.24) is 0 Å². The first-order valence-corrected chi connectivity index (χ1v) is 4.23. The quantitative estimate of drug-likeness (QED) is 0.275. The average molecular weight is 186 g/mol. The zero-order valence-electron chi connectivity index (χ0n) is 7.73. The minimum atomic E-state index is -0.630. The Labute approximate surface area is 77.3 Å². The molecule has 0 radical (unpaired) electrons. The molecule has 0 bridgehead atoms. The van der Waals surface area contributed by atoms with Crippen molar-refractivity contribution < 1.29 is 19.1 Å². The molecule has 0 aromatic heterocycles. The van der Waals surface area contributed by atoms with Crippen molar-refractivity contribution >= 4 is 12.2 Å². The second-order valence-corrected chi connectivity index (χ2v) is 2.32. The van der Waals surface area contributed by atoms with Crippen molar-refractivity contribution in [2.45, 2.75) is 19.8 Å². The highest BCUT2D eigenvalue weighted by Gasteiger charge is 1.97. The molecule has 5 heteroatoms. The van der Waals surface area contributed by atoms with E-state index < -0.39 is 5.97 Å². The summed E-state index contributed by atoms with van der Waals surface area (Å²) in [5.41, 5.74) is 7.73. The molecule has 1 rings (SSSR count). The molecule has 1 fully saturated rings. The third kappa shape index (κ3) is 8.72. The number of nitrogens with zero attached hydrogens (tertiary/aromatic N) is 2. The van der Waals surface area contributed by atoms with Crippen molar-refractivity contribution in [3.05, 3.63) is 5.53 Å². The third-order valence-electron chi connectivity index (χ3n) is 1.28. The van der Waals surface area contributed by atoms with E-state index in [-0.39, 0.29) is 0 Å². The van der Waals surface area contributed by atoms with Gasteiger partial charge in [-0.05, 0) is 19.8 Å². The molecule has 0 aromatic carbocycles. The summed E-state index contributed by atoms with van der Waals surface area (Å²) in [5.74, 6) is -0.630. The molecule has 0 unspecified atom stereocenters. The lowest BCUT2D eigenvalue weighted by Gasteiger charge is -1.86. The Morgan fingerprint density at radius 2 is 2.23 bits per heavy atom. The standard InChI is InChI=1S/C4H6N2O2.C4H8O/c1-2-8-4(7)3-6-5;1-2-4-5-3-1/h3H,2H2,1H3;1-4H2. The maximum atomic E-state index is 10.1. The predicted molar refractivity (Wildman–Crippen MR) is 46.4 cm³/mol. The minimum Gasteiger partial charge on any atom is -0.458 e. The number of rotatable bonds is 2. The van der Waals surface area contributed by atoms with Crippen molar-refractivity contribution in [3.63, 3.8) is 0 Å². The van der Waals surface area contributed by atoms with E-state index in [1.54, 1.807) is 6.92 Å².